The van der Waals surface area contributed by atoms with Crippen molar-refractivity contribution >= 4 is 11.6 Å². The lowest BCUT2D eigenvalue weighted by Gasteiger charge is -2.42. The van der Waals surface area contributed by atoms with E-state index in [2.05, 4.69) is 16.0 Å². The van der Waals surface area contributed by atoms with E-state index in [1.165, 1.54) is 12.8 Å². The van der Waals surface area contributed by atoms with Crippen LogP contribution in [0.1, 0.15) is 46.9 Å². The van der Waals surface area contributed by atoms with Gasteiger partial charge < -0.3 is 13.9 Å². The van der Waals surface area contributed by atoms with Gasteiger partial charge in [-0.15, -0.1) is 0 Å². The zero-order valence-electron chi connectivity index (χ0n) is 17.6. The molecule has 2 fully saturated rings. The van der Waals surface area contributed by atoms with E-state index < -0.39 is 0 Å². The topological polar surface area (TPSA) is 62.9 Å². The largest absolute Gasteiger partial charge is 0.336 e. The molecular weight excluding hydrogens is 390 g/mol. The summed E-state index contributed by atoms with van der Waals surface area (Å²) < 4.78 is 3.88. The molecule has 0 unspecified atom stereocenters. The number of nitrogens with zero attached hydrogens (tertiary/aromatic N) is 5. The quantitative estimate of drug-likeness (QED) is 0.656. The Morgan fingerprint density at radius 3 is 2.77 bits per heavy atom. The lowest BCUT2D eigenvalue weighted by molar-refractivity contribution is 0.0589. The van der Waals surface area contributed by atoms with Gasteiger partial charge in [0.2, 0.25) is 0 Å². The Labute approximate surface area is 180 Å². The van der Waals surface area contributed by atoms with Crippen molar-refractivity contribution in [3.8, 4) is 0 Å². The molecule has 2 bridgehead atoms. The summed E-state index contributed by atoms with van der Waals surface area (Å²) in [5, 5.41) is 0. The highest BCUT2D eigenvalue weighted by Gasteiger charge is 2.37. The van der Waals surface area contributed by atoms with Crippen LogP contribution in [-0.2, 0) is 13.1 Å². The molecule has 1 amide bonds. The van der Waals surface area contributed by atoms with Crippen LogP contribution in [0.25, 0.3) is 5.65 Å². The molecule has 2 atom stereocenters. The average Bonchev–Trinajstić information content (AvgIpc) is 3.45. The number of hydrogen-bond acceptors (Lipinski definition) is 4. The molecule has 0 N–H and O–H groups in total. The van der Waals surface area contributed by atoms with E-state index in [-0.39, 0.29) is 17.4 Å². The summed E-state index contributed by atoms with van der Waals surface area (Å²) in [6.45, 7) is 4.97. The number of pyridine rings is 2. The maximum atomic E-state index is 13.2. The molecule has 0 saturated carbocycles. The molecule has 6 rings (SSSR count). The van der Waals surface area contributed by atoms with Gasteiger partial charge in [0.05, 0.1) is 0 Å². The lowest BCUT2D eigenvalue weighted by atomic mass is 9.83. The standard InChI is InChI=1S/C24H27N5O2/c30-23-18(14-26-8-3-4-9-26)6-7-21-19-11-17(13-29(21)23)12-28(15-19)24(31)20-16-27-10-2-1-5-22(27)25-20/h1-2,5-7,10,16-17,19H,3-4,8-9,11-15H2/t17-,19+/m0/s1. The average molecular weight is 418 g/mol. The minimum Gasteiger partial charge on any atom is -0.336 e. The first-order chi connectivity index (χ1) is 15.2. The van der Waals surface area contributed by atoms with Crippen LogP contribution in [0.5, 0.6) is 0 Å². The van der Waals surface area contributed by atoms with Gasteiger partial charge in [0, 0.05) is 55.7 Å². The number of likely N-dealkylation sites (tertiary alicyclic amines) is 2. The molecule has 31 heavy (non-hydrogen) atoms. The Morgan fingerprint density at radius 2 is 1.94 bits per heavy atom. The highest BCUT2D eigenvalue weighted by Crippen LogP contribution is 2.35. The van der Waals surface area contributed by atoms with Gasteiger partial charge in [0.15, 0.2) is 0 Å². The van der Waals surface area contributed by atoms with Gasteiger partial charge in [-0.2, -0.15) is 0 Å². The van der Waals surface area contributed by atoms with E-state index in [1.54, 1.807) is 0 Å². The maximum absolute atomic E-state index is 13.2. The molecule has 160 valence electrons. The highest BCUT2D eigenvalue weighted by molar-refractivity contribution is 5.93. The fraction of sp³-hybridized carbons (Fsp3) is 0.458. The van der Waals surface area contributed by atoms with Gasteiger partial charge in [-0.25, -0.2) is 4.98 Å². The first kappa shape index (κ1) is 18.8. The molecule has 3 aromatic heterocycles. The molecule has 0 radical (unpaired) electrons. The second-order valence-electron chi connectivity index (χ2n) is 9.28. The van der Waals surface area contributed by atoms with Crippen LogP contribution in [0, 0.1) is 5.92 Å². The normalized spacial score (nSPS) is 23.3. The van der Waals surface area contributed by atoms with Crippen LogP contribution in [0.15, 0.2) is 47.5 Å². The van der Waals surface area contributed by atoms with Crippen molar-refractivity contribution in [2.75, 3.05) is 26.2 Å². The van der Waals surface area contributed by atoms with Crippen molar-refractivity contribution in [1.29, 1.82) is 0 Å². The zero-order valence-corrected chi connectivity index (χ0v) is 17.6. The fourth-order valence-electron chi connectivity index (χ4n) is 5.66. The van der Waals surface area contributed by atoms with Crippen molar-refractivity contribution in [3.63, 3.8) is 0 Å². The maximum Gasteiger partial charge on any atom is 0.274 e. The van der Waals surface area contributed by atoms with Crippen LogP contribution in [0.4, 0.5) is 0 Å². The highest BCUT2D eigenvalue weighted by atomic mass is 16.2. The van der Waals surface area contributed by atoms with Gasteiger partial charge >= 0.3 is 0 Å². The molecule has 0 spiro atoms. The van der Waals surface area contributed by atoms with Crippen molar-refractivity contribution in [3.05, 3.63) is 70.0 Å². The van der Waals surface area contributed by atoms with Crippen molar-refractivity contribution < 1.29 is 4.79 Å². The molecule has 3 aromatic rings. The third-order valence-electron chi connectivity index (χ3n) is 7.15. The SMILES string of the molecule is O=C(c1cn2ccccc2n1)N1C[C@@H]2C[C@H](C1)c1ccc(CN3CCCC3)c(=O)n1C2. The Morgan fingerprint density at radius 1 is 1.06 bits per heavy atom. The van der Waals surface area contributed by atoms with Gasteiger partial charge in [-0.05, 0) is 56.5 Å². The number of hydrogen-bond donors (Lipinski definition) is 0. The molecule has 3 aliphatic heterocycles. The minimum atomic E-state index is -0.0140. The predicted octanol–water partition coefficient (Wildman–Crippen LogP) is 2.35. The summed E-state index contributed by atoms with van der Waals surface area (Å²) >= 11 is 0. The van der Waals surface area contributed by atoms with Crippen LogP contribution in [-0.4, -0.2) is 55.8 Å². The number of piperidine rings is 1. The first-order valence-electron chi connectivity index (χ1n) is 11.3. The number of carbonyl (C=O) groups is 1. The third-order valence-corrected chi connectivity index (χ3v) is 7.15. The molecule has 6 heterocycles. The van der Waals surface area contributed by atoms with E-state index >= 15 is 0 Å². The molecule has 0 aliphatic carbocycles. The fourth-order valence-corrected chi connectivity index (χ4v) is 5.66. The van der Waals surface area contributed by atoms with Crippen molar-refractivity contribution in [1.82, 2.24) is 23.8 Å². The van der Waals surface area contributed by atoms with Crippen LogP contribution >= 0.6 is 0 Å². The molecule has 0 aromatic carbocycles. The number of imidazole rings is 1. The van der Waals surface area contributed by atoms with E-state index in [4.69, 9.17) is 0 Å². The summed E-state index contributed by atoms with van der Waals surface area (Å²) in [6, 6.07) is 9.92. The Balaban J connectivity index is 1.25. The second-order valence-corrected chi connectivity index (χ2v) is 9.28. The van der Waals surface area contributed by atoms with Crippen molar-refractivity contribution in [2.24, 2.45) is 5.92 Å². The summed E-state index contributed by atoms with van der Waals surface area (Å²) in [5.74, 6) is 0.508. The summed E-state index contributed by atoms with van der Waals surface area (Å²) in [7, 11) is 0. The van der Waals surface area contributed by atoms with Crippen LogP contribution in [0.2, 0.25) is 0 Å². The summed E-state index contributed by atoms with van der Waals surface area (Å²) in [6.07, 6.45) is 7.22. The first-order valence-corrected chi connectivity index (χ1v) is 11.3. The Kier molecular flexibility index (Phi) is 4.45. The monoisotopic (exact) mass is 417 g/mol. The van der Waals surface area contributed by atoms with Crippen molar-refractivity contribution in [2.45, 2.75) is 38.3 Å². The van der Waals surface area contributed by atoms with Gasteiger partial charge in [-0.3, -0.25) is 14.5 Å². The molecule has 3 aliphatic rings. The molecular formula is C24H27N5O2. The number of carbonyl (C=O) groups excluding carboxylic acids is 1. The van der Waals surface area contributed by atoms with Crippen LogP contribution < -0.4 is 5.56 Å². The summed E-state index contributed by atoms with van der Waals surface area (Å²) in [4.78, 5) is 35.2. The minimum absolute atomic E-state index is 0.0140. The lowest BCUT2D eigenvalue weighted by Crippen LogP contribution is -2.49. The van der Waals surface area contributed by atoms with E-state index in [0.717, 1.165) is 43.0 Å². The third kappa shape index (κ3) is 3.28. The predicted molar refractivity (Wildman–Crippen MR) is 117 cm³/mol. The van der Waals surface area contributed by atoms with Gasteiger partial charge in [0.1, 0.15) is 11.3 Å². The summed E-state index contributed by atoms with van der Waals surface area (Å²) in [5.41, 5.74) is 3.43. The molecule has 7 nitrogen and oxygen atoms in total. The zero-order chi connectivity index (χ0) is 20.9. The van der Waals surface area contributed by atoms with E-state index in [9.17, 15) is 9.59 Å². The Bertz CT molecular complexity index is 1170. The van der Waals surface area contributed by atoms with Gasteiger partial charge in [0.25, 0.3) is 11.5 Å². The molecule has 2 saturated heterocycles. The number of fused-ring (bicyclic) bond motifs is 5. The smallest absolute Gasteiger partial charge is 0.274 e. The van der Waals surface area contributed by atoms with E-state index in [0.29, 0.717) is 31.2 Å². The van der Waals surface area contributed by atoms with Crippen LogP contribution in [0.3, 0.4) is 0 Å². The van der Waals surface area contributed by atoms with Gasteiger partial charge in [-0.1, -0.05) is 12.1 Å². The number of amides is 1. The van der Waals surface area contributed by atoms with E-state index in [1.807, 2.05) is 50.5 Å². The Hall–Kier alpha value is -2.93. The number of aromatic nitrogens is 3. The number of rotatable bonds is 3. The molecule has 7 heteroatoms. The second kappa shape index (κ2) is 7.34.